The zero-order valence-corrected chi connectivity index (χ0v) is 15.0. The van der Waals surface area contributed by atoms with Gasteiger partial charge in [0.05, 0.1) is 11.6 Å². The first-order chi connectivity index (χ1) is 13.7. The van der Waals surface area contributed by atoms with Crippen LogP contribution in [0.3, 0.4) is 0 Å². The number of benzene rings is 3. The SMILES string of the molecule is N#Cc1ccccc1-c1cc(-c2ccccc2N)cn(-c2ccccc2)c1=O. The summed E-state index contributed by atoms with van der Waals surface area (Å²) in [5.41, 5.74) is 10.5. The molecule has 0 aliphatic heterocycles. The van der Waals surface area contributed by atoms with Gasteiger partial charge in [-0.3, -0.25) is 9.36 Å². The third-order valence-electron chi connectivity index (χ3n) is 4.66. The molecule has 0 amide bonds. The molecule has 4 aromatic rings. The Morgan fingerprint density at radius 1 is 0.786 bits per heavy atom. The summed E-state index contributed by atoms with van der Waals surface area (Å²) in [5.74, 6) is 0. The number of hydrogen-bond donors (Lipinski definition) is 1. The van der Waals surface area contributed by atoms with E-state index in [1.165, 1.54) is 0 Å². The van der Waals surface area contributed by atoms with Crippen LogP contribution in [0.4, 0.5) is 5.69 Å². The van der Waals surface area contributed by atoms with Crippen LogP contribution >= 0.6 is 0 Å². The fourth-order valence-corrected chi connectivity index (χ4v) is 3.28. The summed E-state index contributed by atoms with van der Waals surface area (Å²) in [6.45, 7) is 0. The third-order valence-corrected chi connectivity index (χ3v) is 4.66. The van der Waals surface area contributed by atoms with Gasteiger partial charge in [-0.25, -0.2) is 0 Å². The second-order valence-corrected chi connectivity index (χ2v) is 6.40. The Morgan fingerprint density at radius 3 is 2.14 bits per heavy atom. The summed E-state index contributed by atoms with van der Waals surface area (Å²) in [4.78, 5) is 13.3. The van der Waals surface area contributed by atoms with Crippen LogP contribution in [0.5, 0.6) is 0 Å². The van der Waals surface area contributed by atoms with E-state index in [0.29, 0.717) is 22.4 Å². The molecule has 0 atom stereocenters. The van der Waals surface area contributed by atoms with Gasteiger partial charge in [0.25, 0.3) is 5.56 Å². The highest BCUT2D eigenvalue weighted by atomic mass is 16.1. The minimum Gasteiger partial charge on any atom is -0.398 e. The molecule has 2 N–H and O–H groups in total. The zero-order valence-electron chi connectivity index (χ0n) is 15.0. The molecule has 0 spiro atoms. The first-order valence-corrected chi connectivity index (χ1v) is 8.85. The molecule has 0 aliphatic carbocycles. The van der Waals surface area contributed by atoms with E-state index in [4.69, 9.17) is 5.73 Å². The van der Waals surface area contributed by atoms with E-state index in [2.05, 4.69) is 6.07 Å². The number of nitrogens with zero attached hydrogens (tertiary/aromatic N) is 2. The molecular weight excluding hydrogens is 346 g/mol. The van der Waals surface area contributed by atoms with E-state index < -0.39 is 0 Å². The Kier molecular flexibility index (Phi) is 4.49. The molecule has 0 radical (unpaired) electrons. The molecular formula is C24H17N3O. The number of hydrogen-bond acceptors (Lipinski definition) is 3. The molecule has 0 fully saturated rings. The predicted molar refractivity (Wildman–Crippen MR) is 112 cm³/mol. The standard InChI is InChI=1S/C24H17N3O/c25-15-17-8-4-5-11-20(17)22-14-18(21-12-6-7-13-23(21)26)16-27(24(22)28)19-9-2-1-3-10-19/h1-14,16H,26H2. The molecule has 28 heavy (non-hydrogen) atoms. The van der Waals surface area contributed by atoms with E-state index in [1.54, 1.807) is 29.0 Å². The lowest BCUT2D eigenvalue weighted by Gasteiger charge is -2.14. The summed E-state index contributed by atoms with van der Waals surface area (Å²) in [6.07, 6.45) is 1.79. The highest BCUT2D eigenvalue weighted by Crippen LogP contribution is 2.30. The van der Waals surface area contributed by atoms with Gasteiger partial charge >= 0.3 is 0 Å². The lowest BCUT2D eigenvalue weighted by Crippen LogP contribution is -2.20. The summed E-state index contributed by atoms with van der Waals surface area (Å²) >= 11 is 0. The molecule has 1 heterocycles. The number of nitriles is 1. The lowest BCUT2D eigenvalue weighted by molar-refractivity contribution is 0.995. The minimum absolute atomic E-state index is 0.188. The van der Waals surface area contributed by atoms with Crippen LogP contribution in [0, 0.1) is 11.3 Å². The molecule has 4 nitrogen and oxygen atoms in total. The topological polar surface area (TPSA) is 71.8 Å². The first kappa shape index (κ1) is 17.3. The maximum Gasteiger partial charge on any atom is 0.263 e. The van der Waals surface area contributed by atoms with Gasteiger partial charge in [-0.1, -0.05) is 54.6 Å². The fraction of sp³-hybridized carbons (Fsp3) is 0. The summed E-state index contributed by atoms with van der Waals surface area (Å²) < 4.78 is 1.60. The second-order valence-electron chi connectivity index (χ2n) is 6.40. The normalized spacial score (nSPS) is 10.4. The molecule has 3 aromatic carbocycles. The van der Waals surface area contributed by atoms with E-state index in [9.17, 15) is 10.1 Å². The lowest BCUT2D eigenvalue weighted by atomic mass is 9.97. The molecule has 1 aromatic heterocycles. The van der Waals surface area contributed by atoms with Gasteiger partial charge < -0.3 is 5.73 Å². The number of pyridine rings is 1. The Labute approximate surface area is 162 Å². The smallest absolute Gasteiger partial charge is 0.263 e. The summed E-state index contributed by atoms with van der Waals surface area (Å²) in [5, 5.41) is 9.51. The van der Waals surface area contributed by atoms with Crippen molar-refractivity contribution >= 4 is 5.69 Å². The summed E-state index contributed by atoms with van der Waals surface area (Å²) in [7, 11) is 0. The van der Waals surface area contributed by atoms with Crippen molar-refractivity contribution in [1.82, 2.24) is 4.57 Å². The fourth-order valence-electron chi connectivity index (χ4n) is 3.28. The van der Waals surface area contributed by atoms with Gasteiger partial charge in [-0.15, -0.1) is 0 Å². The zero-order chi connectivity index (χ0) is 19.5. The highest BCUT2D eigenvalue weighted by Gasteiger charge is 2.15. The van der Waals surface area contributed by atoms with Gasteiger partial charge in [0, 0.05) is 39.8 Å². The van der Waals surface area contributed by atoms with Crippen molar-refractivity contribution < 1.29 is 0 Å². The van der Waals surface area contributed by atoms with E-state index >= 15 is 0 Å². The molecule has 0 saturated heterocycles. The van der Waals surface area contributed by atoms with Crippen LogP contribution in [0.2, 0.25) is 0 Å². The summed E-state index contributed by atoms with van der Waals surface area (Å²) in [6, 6.07) is 28.1. The number of para-hydroxylation sites is 2. The molecule has 0 bridgehead atoms. The third kappa shape index (κ3) is 3.06. The van der Waals surface area contributed by atoms with E-state index in [-0.39, 0.29) is 5.56 Å². The van der Waals surface area contributed by atoms with Crippen molar-refractivity contribution in [3.63, 3.8) is 0 Å². The van der Waals surface area contributed by atoms with Gasteiger partial charge in [0.15, 0.2) is 0 Å². The predicted octanol–water partition coefficient (Wildman–Crippen LogP) is 4.63. The van der Waals surface area contributed by atoms with Gasteiger partial charge in [0.2, 0.25) is 0 Å². The quantitative estimate of drug-likeness (QED) is 0.540. The second kappa shape index (κ2) is 7.26. The number of nitrogen functional groups attached to an aromatic ring is 1. The number of nitrogens with two attached hydrogens (primary N) is 1. The Bertz CT molecular complexity index is 1250. The highest BCUT2D eigenvalue weighted by molar-refractivity contribution is 5.80. The molecule has 134 valence electrons. The van der Waals surface area contributed by atoms with Crippen LogP contribution in [-0.4, -0.2) is 4.57 Å². The van der Waals surface area contributed by atoms with Gasteiger partial charge in [-0.2, -0.15) is 5.26 Å². The molecule has 0 aliphatic rings. The number of aromatic nitrogens is 1. The Balaban J connectivity index is 2.07. The van der Waals surface area contributed by atoms with Crippen molar-refractivity contribution in [2.24, 2.45) is 0 Å². The number of anilines is 1. The monoisotopic (exact) mass is 363 g/mol. The van der Waals surface area contributed by atoms with Crippen molar-refractivity contribution in [3.8, 4) is 34.0 Å². The van der Waals surface area contributed by atoms with Crippen LogP contribution in [0.15, 0.2) is 95.9 Å². The van der Waals surface area contributed by atoms with Crippen LogP contribution in [-0.2, 0) is 0 Å². The molecule has 0 saturated carbocycles. The largest absolute Gasteiger partial charge is 0.398 e. The minimum atomic E-state index is -0.188. The van der Waals surface area contributed by atoms with Crippen molar-refractivity contribution in [3.05, 3.63) is 107 Å². The molecule has 4 rings (SSSR count). The first-order valence-electron chi connectivity index (χ1n) is 8.85. The van der Waals surface area contributed by atoms with Gasteiger partial charge in [0.1, 0.15) is 0 Å². The van der Waals surface area contributed by atoms with Crippen LogP contribution in [0.1, 0.15) is 5.56 Å². The van der Waals surface area contributed by atoms with Crippen LogP contribution in [0.25, 0.3) is 27.9 Å². The average molecular weight is 363 g/mol. The van der Waals surface area contributed by atoms with Crippen molar-refractivity contribution in [1.29, 1.82) is 5.26 Å². The molecule has 4 heteroatoms. The Morgan fingerprint density at radius 2 is 1.43 bits per heavy atom. The van der Waals surface area contributed by atoms with Crippen molar-refractivity contribution in [2.45, 2.75) is 0 Å². The maximum absolute atomic E-state index is 13.3. The van der Waals surface area contributed by atoms with Crippen LogP contribution < -0.4 is 11.3 Å². The molecule has 0 unspecified atom stereocenters. The van der Waals surface area contributed by atoms with Crippen molar-refractivity contribution in [2.75, 3.05) is 5.73 Å². The van der Waals surface area contributed by atoms with E-state index in [1.807, 2.05) is 66.7 Å². The average Bonchev–Trinajstić information content (AvgIpc) is 2.75. The number of rotatable bonds is 3. The van der Waals surface area contributed by atoms with E-state index in [0.717, 1.165) is 16.8 Å². The maximum atomic E-state index is 13.3. The van der Waals surface area contributed by atoms with Gasteiger partial charge in [-0.05, 0) is 30.3 Å². The Hall–Kier alpha value is -4.10.